The summed E-state index contributed by atoms with van der Waals surface area (Å²) >= 11 is 5.81. The van der Waals surface area contributed by atoms with Gasteiger partial charge in [-0.15, -0.1) is 11.6 Å². The molecule has 0 aliphatic carbocycles. The number of aryl methyl sites for hydroxylation is 2. The molecule has 0 heterocycles. The van der Waals surface area contributed by atoms with E-state index in [9.17, 15) is 0 Å². The maximum Gasteiger partial charge on any atom is 0.125 e. The van der Waals surface area contributed by atoms with Gasteiger partial charge in [-0.25, -0.2) is 0 Å². The lowest BCUT2D eigenvalue weighted by atomic mass is 10.1. The van der Waals surface area contributed by atoms with Crippen LogP contribution in [-0.4, -0.2) is 6.61 Å². The zero-order chi connectivity index (χ0) is 11.4. The van der Waals surface area contributed by atoms with Gasteiger partial charge in [-0.2, -0.15) is 0 Å². The van der Waals surface area contributed by atoms with E-state index >= 15 is 0 Å². The third-order valence-electron chi connectivity index (χ3n) is 2.24. The third kappa shape index (κ3) is 3.42. The summed E-state index contributed by atoms with van der Waals surface area (Å²) in [6.07, 6.45) is 0. The van der Waals surface area contributed by atoms with Crippen molar-refractivity contribution in [3.8, 4) is 5.75 Å². The van der Waals surface area contributed by atoms with Gasteiger partial charge in [0, 0.05) is 5.88 Å². The molecular formula is C13H19ClO. The predicted octanol–water partition coefficient (Wildman–Crippen LogP) is 4.08. The minimum Gasteiger partial charge on any atom is -0.493 e. The highest BCUT2D eigenvalue weighted by Gasteiger charge is 2.06. The molecule has 0 amide bonds. The summed E-state index contributed by atoms with van der Waals surface area (Å²) in [7, 11) is 0. The van der Waals surface area contributed by atoms with Crippen molar-refractivity contribution < 1.29 is 4.74 Å². The van der Waals surface area contributed by atoms with Gasteiger partial charge in [0.15, 0.2) is 0 Å². The Labute approximate surface area is 97.4 Å². The van der Waals surface area contributed by atoms with E-state index in [-0.39, 0.29) is 0 Å². The number of rotatable bonds is 4. The van der Waals surface area contributed by atoms with E-state index in [1.807, 2.05) is 0 Å². The highest BCUT2D eigenvalue weighted by Crippen LogP contribution is 2.25. The fourth-order valence-electron chi connectivity index (χ4n) is 1.59. The first kappa shape index (κ1) is 12.4. The van der Waals surface area contributed by atoms with Crippen LogP contribution in [0.3, 0.4) is 0 Å². The molecule has 1 rings (SSSR count). The fourth-order valence-corrected chi connectivity index (χ4v) is 1.75. The Morgan fingerprint density at radius 2 is 1.73 bits per heavy atom. The van der Waals surface area contributed by atoms with Gasteiger partial charge >= 0.3 is 0 Å². The minimum atomic E-state index is 0.552. The molecule has 0 bridgehead atoms. The van der Waals surface area contributed by atoms with Crippen LogP contribution < -0.4 is 4.74 Å². The van der Waals surface area contributed by atoms with Gasteiger partial charge in [-0.3, -0.25) is 0 Å². The fraction of sp³-hybridized carbons (Fsp3) is 0.538. The summed E-state index contributed by atoms with van der Waals surface area (Å²) in [5.41, 5.74) is 3.50. The molecule has 1 nitrogen and oxygen atoms in total. The lowest BCUT2D eigenvalue weighted by molar-refractivity contribution is 0.268. The molecule has 2 heteroatoms. The molecule has 0 aliphatic rings. The Balaban J connectivity index is 2.88. The second-order valence-electron chi connectivity index (χ2n) is 4.40. The summed E-state index contributed by atoms with van der Waals surface area (Å²) in [5.74, 6) is 2.13. The van der Waals surface area contributed by atoms with Crippen LogP contribution in [0.1, 0.15) is 30.5 Å². The lowest BCUT2D eigenvalue weighted by Crippen LogP contribution is -2.06. The van der Waals surface area contributed by atoms with Crippen molar-refractivity contribution in [2.24, 2.45) is 5.92 Å². The van der Waals surface area contributed by atoms with Crippen molar-refractivity contribution >= 4 is 11.6 Å². The summed E-state index contributed by atoms with van der Waals surface area (Å²) in [4.78, 5) is 0. The molecule has 1 aromatic rings. The van der Waals surface area contributed by atoms with E-state index in [1.54, 1.807) is 0 Å². The highest BCUT2D eigenvalue weighted by atomic mass is 35.5. The first-order chi connectivity index (χ1) is 7.04. The normalized spacial score (nSPS) is 10.8. The number of halogens is 1. The zero-order valence-electron chi connectivity index (χ0n) is 9.93. The first-order valence-corrected chi connectivity index (χ1v) is 5.87. The molecule has 0 fully saturated rings. The third-order valence-corrected chi connectivity index (χ3v) is 2.54. The van der Waals surface area contributed by atoms with E-state index in [4.69, 9.17) is 16.3 Å². The maximum absolute atomic E-state index is 5.81. The molecule has 84 valence electrons. The maximum atomic E-state index is 5.81. The average Bonchev–Trinajstić information content (AvgIpc) is 2.15. The molecule has 0 N–H and O–H groups in total. The van der Waals surface area contributed by atoms with Gasteiger partial charge in [0.2, 0.25) is 0 Å². The van der Waals surface area contributed by atoms with Crippen molar-refractivity contribution in [2.45, 2.75) is 33.6 Å². The number of alkyl halides is 1. The van der Waals surface area contributed by atoms with Crippen LogP contribution in [-0.2, 0) is 5.88 Å². The smallest absolute Gasteiger partial charge is 0.125 e. The number of benzene rings is 1. The van der Waals surface area contributed by atoms with Gasteiger partial charge in [-0.05, 0) is 36.5 Å². The van der Waals surface area contributed by atoms with Crippen LogP contribution in [0.5, 0.6) is 5.75 Å². The monoisotopic (exact) mass is 226 g/mol. The summed E-state index contributed by atoms with van der Waals surface area (Å²) in [6, 6.07) is 4.19. The van der Waals surface area contributed by atoms with Gasteiger partial charge < -0.3 is 4.74 Å². The van der Waals surface area contributed by atoms with E-state index in [2.05, 4.69) is 39.8 Å². The van der Waals surface area contributed by atoms with Gasteiger partial charge in [0.25, 0.3) is 0 Å². The number of hydrogen-bond acceptors (Lipinski definition) is 1. The standard InChI is InChI=1S/C13H19ClO/c1-9(2)8-15-13-10(3)5-12(7-14)6-11(13)4/h5-6,9H,7-8H2,1-4H3. The van der Waals surface area contributed by atoms with Gasteiger partial charge in [0.05, 0.1) is 6.61 Å². The SMILES string of the molecule is Cc1cc(CCl)cc(C)c1OCC(C)C. The lowest BCUT2D eigenvalue weighted by Gasteiger charge is -2.14. The highest BCUT2D eigenvalue weighted by molar-refractivity contribution is 6.17. The van der Waals surface area contributed by atoms with Crippen molar-refractivity contribution in [3.63, 3.8) is 0 Å². The molecular weight excluding hydrogens is 208 g/mol. The zero-order valence-corrected chi connectivity index (χ0v) is 10.7. The average molecular weight is 227 g/mol. The van der Waals surface area contributed by atoms with Gasteiger partial charge in [0.1, 0.15) is 5.75 Å². The van der Waals surface area contributed by atoms with Crippen LogP contribution in [0.4, 0.5) is 0 Å². The second kappa shape index (κ2) is 5.41. The van der Waals surface area contributed by atoms with Crippen LogP contribution in [0.15, 0.2) is 12.1 Å². The molecule has 0 radical (unpaired) electrons. The topological polar surface area (TPSA) is 9.23 Å². The molecule has 0 spiro atoms. The Morgan fingerprint density at radius 1 is 1.20 bits per heavy atom. The Morgan fingerprint density at radius 3 is 2.13 bits per heavy atom. The quantitative estimate of drug-likeness (QED) is 0.703. The van der Waals surface area contributed by atoms with E-state index < -0.39 is 0 Å². The van der Waals surface area contributed by atoms with E-state index in [1.165, 1.54) is 11.1 Å². The molecule has 1 aromatic carbocycles. The summed E-state index contributed by atoms with van der Waals surface area (Å²) in [5, 5.41) is 0. The molecule has 0 unspecified atom stereocenters. The second-order valence-corrected chi connectivity index (χ2v) is 4.66. The minimum absolute atomic E-state index is 0.552. The summed E-state index contributed by atoms with van der Waals surface area (Å²) < 4.78 is 5.79. The van der Waals surface area contributed by atoms with E-state index in [0.717, 1.165) is 17.9 Å². The molecule has 15 heavy (non-hydrogen) atoms. The number of ether oxygens (including phenoxy) is 1. The number of hydrogen-bond donors (Lipinski definition) is 0. The first-order valence-electron chi connectivity index (χ1n) is 5.33. The predicted molar refractivity (Wildman–Crippen MR) is 65.8 cm³/mol. The Hall–Kier alpha value is -0.690. The van der Waals surface area contributed by atoms with Crippen molar-refractivity contribution in [3.05, 3.63) is 28.8 Å². The molecule has 0 atom stereocenters. The Bertz CT molecular complexity index is 308. The van der Waals surface area contributed by atoms with Crippen molar-refractivity contribution in [2.75, 3.05) is 6.61 Å². The van der Waals surface area contributed by atoms with Crippen molar-refractivity contribution in [1.29, 1.82) is 0 Å². The van der Waals surface area contributed by atoms with Crippen LogP contribution in [0, 0.1) is 19.8 Å². The largest absolute Gasteiger partial charge is 0.493 e. The molecule has 0 aliphatic heterocycles. The molecule has 0 saturated heterocycles. The van der Waals surface area contributed by atoms with Gasteiger partial charge in [-0.1, -0.05) is 26.0 Å². The Kier molecular flexibility index (Phi) is 4.46. The summed E-state index contributed by atoms with van der Waals surface area (Å²) in [6.45, 7) is 9.20. The van der Waals surface area contributed by atoms with E-state index in [0.29, 0.717) is 11.8 Å². The van der Waals surface area contributed by atoms with Crippen LogP contribution >= 0.6 is 11.6 Å². The van der Waals surface area contributed by atoms with Crippen LogP contribution in [0.2, 0.25) is 0 Å². The molecule has 0 saturated carbocycles. The van der Waals surface area contributed by atoms with Crippen molar-refractivity contribution in [1.82, 2.24) is 0 Å². The molecule has 0 aromatic heterocycles. The van der Waals surface area contributed by atoms with Crippen LogP contribution in [0.25, 0.3) is 0 Å².